The van der Waals surface area contributed by atoms with E-state index >= 15 is 0 Å². The van der Waals surface area contributed by atoms with Gasteiger partial charge in [-0.05, 0) is 13.8 Å². The predicted octanol–water partition coefficient (Wildman–Crippen LogP) is 1.51. The molecule has 13 heavy (non-hydrogen) atoms. The van der Waals surface area contributed by atoms with Crippen LogP contribution >= 0.6 is 12.4 Å². The molecule has 0 amide bonds. The first-order valence-corrected chi connectivity index (χ1v) is 4.61. The summed E-state index contributed by atoms with van der Waals surface area (Å²) in [7, 11) is 0. The van der Waals surface area contributed by atoms with Crippen LogP contribution in [0.15, 0.2) is 12.4 Å². The summed E-state index contributed by atoms with van der Waals surface area (Å²) in [6.45, 7) is 8.94. The van der Waals surface area contributed by atoms with Crippen LogP contribution in [0, 0.1) is 0 Å². The van der Waals surface area contributed by atoms with Gasteiger partial charge in [-0.1, -0.05) is 0 Å². The molecule has 0 aromatic rings. The molecule has 1 aliphatic heterocycles. The van der Waals surface area contributed by atoms with Crippen molar-refractivity contribution in [3.8, 4) is 0 Å². The van der Waals surface area contributed by atoms with E-state index in [0.29, 0.717) is 0 Å². The normalized spacial score (nSPS) is 14.9. The van der Waals surface area contributed by atoms with Crippen LogP contribution in [-0.2, 0) is 4.74 Å². The maximum atomic E-state index is 5.27. The Morgan fingerprint density at radius 1 is 1.23 bits per heavy atom. The van der Waals surface area contributed by atoms with Gasteiger partial charge in [-0.2, -0.15) is 0 Å². The van der Waals surface area contributed by atoms with Crippen molar-refractivity contribution in [2.45, 2.75) is 13.8 Å². The topological polar surface area (TPSA) is 15.7 Å². The molecule has 0 saturated carbocycles. The van der Waals surface area contributed by atoms with Gasteiger partial charge in [-0.15, -0.1) is 12.4 Å². The lowest BCUT2D eigenvalue weighted by atomic mass is 10.6. The Balaban J connectivity index is 0.00000144. The van der Waals surface area contributed by atoms with Crippen LogP contribution < -0.4 is 0 Å². The van der Waals surface area contributed by atoms with E-state index in [2.05, 4.69) is 29.1 Å². The average Bonchev–Trinajstić information content (AvgIpc) is 2.53. The molecule has 0 N–H and O–H groups in total. The second kappa shape index (κ2) is 7.04. The minimum Gasteiger partial charge on any atom is -0.380 e. The van der Waals surface area contributed by atoms with E-state index in [1.54, 1.807) is 0 Å². The van der Waals surface area contributed by atoms with Gasteiger partial charge in [0.25, 0.3) is 0 Å². The third kappa shape index (κ3) is 4.39. The molecule has 0 radical (unpaired) electrons. The summed E-state index contributed by atoms with van der Waals surface area (Å²) in [4.78, 5) is 4.53. The van der Waals surface area contributed by atoms with E-state index in [4.69, 9.17) is 4.74 Å². The zero-order valence-corrected chi connectivity index (χ0v) is 9.22. The third-order valence-corrected chi connectivity index (χ3v) is 1.98. The highest BCUT2D eigenvalue weighted by Crippen LogP contribution is 2.04. The fraction of sp³-hybridized carbons (Fsp3) is 0.778. The van der Waals surface area contributed by atoms with E-state index in [0.717, 1.165) is 33.0 Å². The number of ether oxygens (including phenoxy) is 1. The average molecular weight is 207 g/mol. The highest BCUT2D eigenvalue weighted by atomic mass is 35.5. The number of halogens is 1. The minimum atomic E-state index is 0. The molecule has 1 rings (SSSR count). The van der Waals surface area contributed by atoms with Crippen LogP contribution in [0.2, 0.25) is 0 Å². The summed E-state index contributed by atoms with van der Waals surface area (Å²) in [5, 5.41) is 0. The third-order valence-electron chi connectivity index (χ3n) is 1.98. The van der Waals surface area contributed by atoms with Crippen molar-refractivity contribution in [3.05, 3.63) is 12.4 Å². The van der Waals surface area contributed by atoms with E-state index in [1.165, 1.54) is 0 Å². The number of hydrogen-bond donors (Lipinski definition) is 0. The van der Waals surface area contributed by atoms with Crippen LogP contribution in [0.3, 0.4) is 0 Å². The molecular weight excluding hydrogens is 188 g/mol. The van der Waals surface area contributed by atoms with E-state index in [1.807, 2.05) is 6.92 Å². The highest BCUT2D eigenvalue weighted by Gasteiger charge is 2.08. The van der Waals surface area contributed by atoms with Crippen LogP contribution in [0.4, 0.5) is 0 Å². The van der Waals surface area contributed by atoms with E-state index in [9.17, 15) is 0 Å². The van der Waals surface area contributed by atoms with Crippen LogP contribution in [-0.4, -0.2) is 42.8 Å². The lowest BCUT2D eigenvalue weighted by Crippen LogP contribution is -2.27. The van der Waals surface area contributed by atoms with Gasteiger partial charge in [0.2, 0.25) is 0 Å². The Morgan fingerprint density at radius 2 is 1.92 bits per heavy atom. The summed E-state index contributed by atoms with van der Waals surface area (Å²) in [6.07, 6.45) is 4.26. The van der Waals surface area contributed by atoms with Gasteiger partial charge in [0.05, 0.1) is 13.3 Å². The smallest absolute Gasteiger partial charge is 0.0894 e. The van der Waals surface area contributed by atoms with Gasteiger partial charge in [0.1, 0.15) is 0 Å². The van der Waals surface area contributed by atoms with Gasteiger partial charge in [0, 0.05) is 32.1 Å². The van der Waals surface area contributed by atoms with Gasteiger partial charge < -0.3 is 14.5 Å². The molecule has 0 aliphatic carbocycles. The Labute approximate surface area is 86.7 Å². The van der Waals surface area contributed by atoms with Crippen molar-refractivity contribution in [1.29, 1.82) is 0 Å². The molecule has 0 unspecified atom stereocenters. The molecule has 0 atom stereocenters. The van der Waals surface area contributed by atoms with Gasteiger partial charge >= 0.3 is 0 Å². The second-order valence-corrected chi connectivity index (χ2v) is 2.85. The van der Waals surface area contributed by atoms with Gasteiger partial charge in [-0.3, -0.25) is 0 Å². The fourth-order valence-corrected chi connectivity index (χ4v) is 1.19. The van der Waals surface area contributed by atoms with E-state index < -0.39 is 0 Å². The molecule has 78 valence electrons. The molecular formula is C9H19ClN2O. The number of nitrogens with zero attached hydrogens (tertiary/aromatic N) is 2. The maximum Gasteiger partial charge on any atom is 0.0894 e. The Bertz CT molecular complexity index is 153. The molecule has 1 heterocycles. The summed E-state index contributed by atoms with van der Waals surface area (Å²) >= 11 is 0. The van der Waals surface area contributed by atoms with Crippen LogP contribution in [0.1, 0.15) is 13.8 Å². The molecule has 0 fully saturated rings. The molecule has 0 aromatic carbocycles. The Kier molecular flexibility index (Phi) is 6.82. The number of rotatable bonds is 5. The van der Waals surface area contributed by atoms with Gasteiger partial charge in [-0.25, -0.2) is 0 Å². The summed E-state index contributed by atoms with van der Waals surface area (Å²) in [5.74, 6) is 0. The van der Waals surface area contributed by atoms with Gasteiger partial charge in [0.15, 0.2) is 0 Å². The predicted molar refractivity (Wildman–Crippen MR) is 56.8 cm³/mol. The molecule has 3 nitrogen and oxygen atoms in total. The largest absolute Gasteiger partial charge is 0.380 e. The van der Waals surface area contributed by atoms with E-state index in [-0.39, 0.29) is 12.4 Å². The molecule has 0 saturated heterocycles. The SMILES string of the molecule is CCOCCN1C=CN(CC)C1.Cl. The van der Waals surface area contributed by atoms with Crippen LogP contribution in [0.5, 0.6) is 0 Å². The summed E-state index contributed by atoms with van der Waals surface area (Å²) < 4.78 is 5.27. The lowest BCUT2D eigenvalue weighted by molar-refractivity contribution is 0.121. The highest BCUT2D eigenvalue weighted by molar-refractivity contribution is 5.85. The number of hydrogen-bond acceptors (Lipinski definition) is 3. The monoisotopic (exact) mass is 206 g/mol. The van der Waals surface area contributed by atoms with Crippen molar-refractivity contribution < 1.29 is 4.74 Å². The lowest BCUT2D eigenvalue weighted by Gasteiger charge is -2.19. The zero-order valence-electron chi connectivity index (χ0n) is 8.40. The first-order chi connectivity index (χ1) is 5.86. The molecule has 0 spiro atoms. The van der Waals surface area contributed by atoms with Crippen molar-refractivity contribution in [1.82, 2.24) is 9.80 Å². The molecule has 4 heteroatoms. The fourth-order valence-electron chi connectivity index (χ4n) is 1.19. The van der Waals surface area contributed by atoms with Crippen molar-refractivity contribution in [3.63, 3.8) is 0 Å². The van der Waals surface area contributed by atoms with Crippen LogP contribution in [0.25, 0.3) is 0 Å². The first kappa shape index (κ1) is 12.6. The maximum absolute atomic E-state index is 5.27. The zero-order chi connectivity index (χ0) is 8.81. The minimum absolute atomic E-state index is 0. The first-order valence-electron chi connectivity index (χ1n) is 4.61. The summed E-state index contributed by atoms with van der Waals surface area (Å²) in [6, 6.07) is 0. The quantitative estimate of drug-likeness (QED) is 0.635. The molecule has 0 aromatic heterocycles. The Hall–Kier alpha value is -0.410. The summed E-state index contributed by atoms with van der Waals surface area (Å²) in [5.41, 5.74) is 0. The van der Waals surface area contributed by atoms with Crippen molar-refractivity contribution in [2.24, 2.45) is 0 Å². The Morgan fingerprint density at radius 3 is 2.46 bits per heavy atom. The van der Waals surface area contributed by atoms with Crippen molar-refractivity contribution >= 4 is 12.4 Å². The van der Waals surface area contributed by atoms with Crippen molar-refractivity contribution in [2.75, 3.05) is 33.0 Å². The second-order valence-electron chi connectivity index (χ2n) is 2.85. The standard InChI is InChI=1S/C9H18N2O.ClH/c1-3-10-5-6-11(9-10)7-8-12-4-2;/h5-6H,3-4,7-9H2,1-2H3;1H. The molecule has 1 aliphatic rings. The molecule has 0 bridgehead atoms.